The van der Waals surface area contributed by atoms with Gasteiger partial charge in [-0.2, -0.15) is 0 Å². The number of thiophene rings is 1. The molecule has 8 nitrogen and oxygen atoms in total. The molecule has 3 heterocycles. The van der Waals surface area contributed by atoms with Crippen LogP contribution in [0.25, 0.3) is 21.5 Å². The summed E-state index contributed by atoms with van der Waals surface area (Å²) in [5.74, 6) is 0.948. The molecule has 202 valence electrons. The number of β-amino-alcohol motifs (C(OH)–C–C–N with tert-alkyl or cyclic N) is 1. The summed E-state index contributed by atoms with van der Waals surface area (Å²) in [6.07, 6.45) is 5.48. The number of rotatable bonds is 8. The van der Waals surface area contributed by atoms with Crippen molar-refractivity contribution in [2.75, 3.05) is 32.8 Å². The lowest BCUT2D eigenvalue weighted by Crippen LogP contribution is -2.50. The molecule has 0 radical (unpaired) electrons. The van der Waals surface area contributed by atoms with Gasteiger partial charge in [0, 0.05) is 43.2 Å². The van der Waals surface area contributed by atoms with Crippen molar-refractivity contribution in [1.29, 1.82) is 0 Å². The Bertz CT molecular complexity index is 1260. The van der Waals surface area contributed by atoms with Crippen LogP contribution in [-0.2, 0) is 11.3 Å². The molecule has 9 heteroatoms. The first-order valence-corrected chi connectivity index (χ1v) is 14.5. The number of benzene rings is 1. The molecule has 1 saturated heterocycles. The number of hydrogen-bond acceptors (Lipinski definition) is 7. The summed E-state index contributed by atoms with van der Waals surface area (Å²) in [7, 11) is 0. The number of carbonyl (C=O) groups is 2. The normalized spacial score (nSPS) is 18.1. The van der Waals surface area contributed by atoms with Crippen LogP contribution in [-0.4, -0.2) is 70.7 Å². The number of para-hydroxylation sites is 1. The van der Waals surface area contributed by atoms with Gasteiger partial charge in [0.2, 0.25) is 5.91 Å². The van der Waals surface area contributed by atoms with Crippen LogP contribution in [0.2, 0.25) is 0 Å². The lowest BCUT2D eigenvalue weighted by Gasteiger charge is -2.34. The highest BCUT2D eigenvalue weighted by molar-refractivity contribution is 7.13. The highest BCUT2D eigenvalue weighted by Gasteiger charge is 2.28. The van der Waals surface area contributed by atoms with Crippen molar-refractivity contribution in [2.24, 2.45) is 5.92 Å². The molecule has 2 aliphatic rings. The zero-order valence-corrected chi connectivity index (χ0v) is 22.7. The molecular weight excluding hydrogens is 500 g/mol. The molecule has 1 aliphatic carbocycles. The van der Waals surface area contributed by atoms with Crippen LogP contribution >= 0.6 is 11.3 Å². The number of piperazine rings is 1. The van der Waals surface area contributed by atoms with E-state index in [4.69, 9.17) is 9.72 Å². The summed E-state index contributed by atoms with van der Waals surface area (Å²) < 4.78 is 6.15. The highest BCUT2D eigenvalue weighted by atomic mass is 32.1. The van der Waals surface area contributed by atoms with E-state index in [9.17, 15) is 14.7 Å². The monoisotopic (exact) mass is 536 g/mol. The van der Waals surface area contributed by atoms with Gasteiger partial charge in [0.05, 0.1) is 29.2 Å². The molecule has 2 fully saturated rings. The van der Waals surface area contributed by atoms with Crippen molar-refractivity contribution in [1.82, 2.24) is 20.1 Å². The minimum absolute atomic E-state index is 0.0155. The largest absolute Gasteiger partial charge is 0.412 e. The Labute approximate surface area is 227 Å². The van der Waals surface area contributed by atoms with Crippen LogP contribution < -0.4 is 10.1 Å². The van der Waals surface area contributed by atoms with Gasteiger partial charge in [0.25, 0.3) is 0 Å². The number of carbonyl (C=O) groups excluding carboxylic acids is 2. The summed E-state index contributed by atoms with van der Waals surface area (Å²) in [5.41, 5.74) is 2.33. The first-order valence-electron chi connectivity index (χ1n) is 13.6. The fourth-order valence-electron chi connectivity index (χ4n) is 5.63. The van der Waals surface area contributed by atoms with E-state index in [-0.39, 0.29) is 25.1 Å². The summed E-state index contributed by atoms with van der Waals surface area (Å²) in [6.45, 7) is 4.23. The average Bonchev–Trinajstić information content (AvgIpc) is 3.47. The maximum atomic E-state index is 13.3. The molecule has 1 saturated carbocycles. The van der Waals surface area contributed by atoms with Crippen LogP contribution in [0.4, 0.5) is 4.79 Å². The Kier molecular flexibility index (Phi) is 8.56. The minimum Gasteiger partial charge on any atom is -0.409 e. The first kappa shape index (κ1) is 26.6. The van der Waals surface area contributed by atoms with Gasteiger partial charge in [-0.15, -0.1) is 11.3 Å². The number of pyridine rings is 1. The van der Waals surface area contributed by atoms with Gasteiger partial charge < -0.3 is 20.1 Å². The van der Waals surface area contributed by atoms with Crippen LogP contribution in [0.15, 0.2) is 41.8 Å². The first-order chi connectivity index (χ1) is 18.5. The van der Waals surface area contributed by atoms with Gasteiger partial charge in [0.15, 0.2) is 0 Å². The zero-order valence-electron chi connectivity index (χ0n) is 21.9. The second kappa shape index (κ2) is 12.2. The Morgan fingerprint density at radius 1 is 1.18 bits per heavy atom. The highest BCUT2D eigenvalue weighted by Crippen LogP contribution is 2.38. The van der Waals surface area contributed by atoms with E-state index in [1.54, 1.807) is 16.2 Å². The average molecular weight is 537 g/mol. The van der Waals surface area contributed by atoms with Crippen LogP contribution in [0, 0.1) is 5.92 Å². The summed E-state index contributed by atoms with van der Waals surface area (Å²) in [5, 5.41) is 15.2. The number of fused-ring (bicyclic) bond motifs is 1. The third-order valence-corrected chi connectivity index (χ3v) is 8.62. The lowest BCUT2D eigenvalue weighted by molar-refractivity contribution is -0.136. The Morgan fingerprint density at radius 3 is 2.74 bits per heavy atom. The topological polar surface area (TPSA) is 95.0 Å². The van der Waals surface area contributed by atoms with E-state index in [1.165, 1.54) is 19.3 Å². The number of aliphatic hydroxyl groups excluding tert-OH is 1. The molecule has 1 aliphatic heterocycles. The molecule has 1 atom stereocenters. The van der Waals surface area contributed by atoms with Crippen molar-refractivity contribution in [3.05, 3.63) is 47.3 Å². The Morgan fingerprint density at radius 2 is 2.00 bits per heavy atom. The van der Waals surface area contributed by atoms with Crippen molar-refractivity contribution >= 4 is 34.2 Å². The Balaban J connectivity index is 1.47. The number of aliphatic hydroxyl groups is 1. The second-order valence-corrected chi connectivity index (χ2v) is 11.2. The third kappa shape index (κ3) is 6.00. The smallest absolute Gasteiger partial charge is 0.409 e. The molecule has 3 aromatic rings. The van der Waals surface area contributed by atoms with E-state index in [0.717, 1.165) is 39.9 Å². The van der Waals surface area contributed by atoms with Gasteiger partial charge in [-0.1, -0.05) is 37.5 Å². The molecule has 5 rings (SSSR count). The van der Waals surface area contributed by atoms with E-state index in [1.807, 2.05) is 41.8 Å². The van der Waals surface area contributed by atoms with Gasteiger partial charge in [0.1, 0.15) is 5.75 Å². The maximum Gasteiger partial charge on any atom is 0.412 e. The Hall–Kier alpha value is -3.01. The zero-order chi connectivity index (χ0) is 26.5. The van der Waals surface area contributed by atoms with Gasteiger partial charge >= 0.3 is 6.09 Å². The number of nitrogens with one attached hydrogen (secondary N) is 1. The molecule has 38 heavy (non-hydrogen) atoms. The molecule has 1 aromatic carbocycles. The molecule has 0 bridgehead atoms. The standard InChI is InChI=1S/C29H36N4O4S/c1-20(21-8-3-2-4-9-21)30-29(36)37-28-22-10-5-6-11-24(22)31-27(25-12-7-17-38-25)23(28)18-32-13-14-33(15-16-34)26(35)19-32/h5-7,10-12,17,20-21,34H,2-4,8-9,13-16,18-19H2,1H3,(H,30,36)/t20-/m0/s1. The second-order valence-electron chi connectivity index (χ2n) is 10.3. The van der Waals surface area contributed by atoms with E-state index >= 15 is 0 Å². The molecule has 2 N–H and O–H groups in total. The maximum absolute atomic E-state index is 13.3. The number of nitrogens with zero attached hydrogens (tertiary/aromatic N) is 3. The van der Waals surface area contributed by atoms with E-state index in [2.05, 4.69) is 17.1 Å². The summed E-state index contributed by atoms with van der Waals surface area (Å²) >= 11 is 1.59. The predicted molar refractivity (Wildman–Crippen MR) is 149 cm³/mol. The molecule has 0 unspecified atom stereocenters. The van der Waals surface area contributed by atoms with Gasteiger partial charge in [-0.05, 0) is 49.3 Å². The van der Waals surface area contributed by atoms with E-state index in [0.29, 0.717) is 37.8 Å². The van der Waals surface area contributed by atoms with Crippen molar-refractivity contribution < 1.29 is 19.4 Å². The van der Waals surface area contributed by atoms with Gasteiger partial charge in [-0.3, -0.25) is 9.69 Å². The van der Waals surface area contributed by atoms with Crippen molar-refractivity contribution in [3.8, 4) is 16.3 Å². The minimum atomic E-state index is -0.457. The third-order valence-electron chi connectivity index (χ3n) is 7.74. The van der Waals surface area contributed by atoms with Crippen molar-refractivity contribution in [2.45, 2.75) is 51.6 Å². The van der Waals surface area contributed by atoms with Crippen LogP contribution in [0.5, 0.6) is 5.75 Å². The molecule has 0 spiro atoms. The molecular formula is C29H36N4O4S. The van der Waals surface area contributed by atoms with E-state index < -0.39 is 6.09 Å². The number of amides is 2. The quantitative estimate of drug-likeness (QED) is 0.435. The number of hydrogen-bond donors (Lipinski definition) is 2. The molecule has 2 amide bonds. The summed E-state index contributed by atoms with van der Waals surface area (Å²) in [6, 6.07) is 11.8. The molecule has 2 aromatic heterocycles. The van der Waals surface area contributed by atoms with Crippen molar-refractivity contribution in [3.63, 3.8) is 0 Å². The van der Waals surface area contributed by atoms with Crippen LogP contribution in [0.3, 0.4) is 0 Å². The number of ether oxygens (including phenoxy) is 1. The summed E-state index contributed by atoms with van der Waals surface area (Å²) in [4.78, 5) is 35.7. The predicted octanol–water partition coefficient (Wildman–Crippen LogP) is 4.66. The fraction of sp³-hybridized carbons (Fsp3) is 0.483. The lowest BCUT2D eigenvalue weighted by atomic mass is 9.85. The SMILES string of the molecule is C[C@H](NC(=O)Oc1c(CN2CCN(CCO)C(=O)C2)c(-c2cccs2)nc2ccccc12)C1CCCCC1. The fourth-order valence-corrected chi connectivity index (χ4v) is 6.38. The van der Waals surface area contributed by atoms with Gasteiger partial charge in [-0.25, -0.2) is 9.78 Å². The van der Waals surface area contributed by atoms with Crippen LogP contribution in [0.1, 0.15) is 44.6 Å². The number of aromatic nitrogens is 1.